The Morgan fingerprint density at radius 2 is 1.94 bits per heavy atom. The number of non-ortho nitro benzene ring substituents is 1. The topological polar surface area (TPSA) is 72.2 Å². The quantitative estimate of drug-likeness (QED) is 0.596. The van der Waals surface area contributed by atoms with E-state index in [-0.39, 0.29) is 5.69 Å². The Bertz CT molecular complexity index is 401. The first-order valence-corrected chi connectivity index (χ1v) is 5.22. The zero-order chi connectivity index (χ0) is 12.7. The highest BCUT2D eigenvalue weighted by molar-refractivity contribution is 5.81. The van der Waals surface area contributed by atoms with E-state index < -0.39 is 4.92 Å². The highest BCUT2D eigenvalue weighted by Gasteiger charge is 2.08. The van der Waals surface area contributed by atoms with E-state index in [9.17, 15) is 14.9 Å². The number of ketones is 1. The molecule has 2 rings (SSSR count). The summed E-state index contributed by atoms with van der Waals surface area (Å²) in [5.74, 6) is 0.300. The summed E-state index contributed by atoms with van der Waals surface area (Å²) < 4.78 is 0. The second-order valence-electron chi connectivity index (χ2n) is 3.59. The van der Waals surface area contributed by atoms with E-state index >= 15 is 0 Å². The van der Waals surface area contributed by atoms with E-state index in [1.165, 1.54) is 12.1 Å². The van der Waals surface area contributed by atoms with Crippen molar-refractivity contribution in [1.82, 2.24) is 5.32 Å². The smallest absolute Gasteiger partial charge is 0.269 e. The third kappa shape index (κ3) is 4.92. The van der Waals surface area contributed by atoms with Crippen LogP contribution in [0.25, 0.3) is 0 Å². The van der Waals surface area contributed by atoms with Gasteiger partial charge in [0.2, 0.25) is 0 Å². The summed E-state index contributed by atoms with van der Waals surface area (Å²) >= 11 is 0. The lowest BCUT2D eigenvalue weighted by Crippen LogP contribution is -2.24. The van der Waals surface area contributed by atoms with E-state index in [4.69, 9.17) is 0 Å². The zero-order valence-corrected chi connectivity index (χ0v) is 9.39. The highest BCUT2D eigenvalue weighted by atomic mass is 16.6. The Morgan fingerprint density at radius 3 is 2.29 bits per heavy atom. The molecule has 1 aromatic rings. The van der Waals surface area contributed by atoms with Crippen LogP contribution >= 0.6 is 0 Å². The van der Waals surface area contributed by atoms with Gasteiger partial charge in [0.1, 0.15) is 5.78 Å². The van der Waals surface area contributed by atoms with Gasteiger partial charge in [0, 0.05) is 37.2 Å². The van der Waals surface area contributed by atoms with Crippen molar-refractivity contribution in [2.45, 2.75) is 12.8 Å². The maximum atomic E-state index is 10.6. The van der Waals surface area contributed by atoms with E-state index in [0.717, 1.165) is 12.2 Å². The van der Waals surface area contributed by atoms with Crippen LogP contribution in [0.3, 0.4) is 0 Å². The molecule has 0 unspecified atom stereocenters. The molecule has 0 atom stereocenters. The second-order valence-corrected chi connectivity index (χ2v) is 3.59. The molecule has 1 fully saturated rings. The third-order valence-electron chi connectivity index (χ3n) is 2.16. The molecular weight excluding hydrogens is 220 g/mol. The molecule has 90 valence electrons. The number of benzene rings is 1. The Kier molecular flexibility index (Phi) is 4.87. The van der Waals surface area contributed by atoms with Gasteiger partial charge in [0.05, 0.1) is 4.92 Å². The molecule has 1 N–H and O–H groups in total. The van der Waals surface area contributed by atoms with Crippen molar-refractivity contribution in [3.05, 3.63) is 52.7 Å². The van der Waals surface area contributed by atoms with E-state index in [0.29, 0.717) is 18.6 Å². The van der Waals surface area contributed by atoms with Crippen molar-refractivity contribution in [2.75, 3.05) is 6.54 Å². The minimum atomic E-state index is -0.417. The molecule has 1 aliphatic rings. The van der Waals surface area contributed by atoms with Crippen molar-refractivity contribution in [3.63, 3.8) is 0 Å². The number of hydrogen-bond donors (Lipinski definition) is 1. The van der Waals surface area contributed by atoms with Crippen LogP contribution in [0.1, 0.15) is 12.8 Å². The number of rotatable bonds is 1. The lowest BCUT2D eigenvalue weighted by molar-refractivity contribution is -0.384. The van der Waals surface area contributed by atoms with Crippen molar-refractivity contribution < 1.29 is 9.72 Å². The number of Topliss-reactive ketones (excluding diaryl/α,β-unsaturated/α-hetero) is 1. The molecule has 1 heterocycles. The van der Waals surface area contributed by atoms with E-state index in [2.05, 4.69) is 11.9 Å². The lowest BCUT2D eigenvalue weighted by Gasteiger charge is -2.13. The summed E-state index contributed by atoms with van der Waals surface area (Å²) in [5, 5.41) is 13.0. The summed E-state index contributed by atoms with van der Waals surface area (Å²) in [5.41, 5.74) is 0.999. The SMILES string of the molecule is C=C1CC(=O)CCN1.O=[N+]([O-])c1ccccc1. The standard InChI is InChI=1S/C6H5NO2.C6H9NO/c8-7(9)6-4-2-1-3-5-6;1-5-4-6(8)2-3-7-5/h1-5H;7H,1-4H2. The molecule has 1 aliphatic heterocycles. The average molecular weight is 234 g/mol. The molecule has 1 saturated heterocycles. The van der Waals surface area contributed by atoms with Crippen LogP contribution in [0.4, 0.5) is 5.69 Å². The number of hydrogen-bond acceptors (Lipinski definition) is 4. The molecule has 17 heavy (non-hydrogen) atoms. The van der Waals surface area contributed by atoms with Crippen molar-refractivity contribution >= 4 is 11.5 Å². The monoisotopic (exact) mass is 234 g/mol. The van der Waals surface area contributed by atoms with Gasteiger partial charge >= 0.3 is 0 Å². The summed E-state index contributed by atoms with van der Waals surface area (Å²) in [6, 6.07) is 7.93. The number of carbonyl (C=O) groups is 1. The largest absolute Gasteiger partial charge is 0.388 e. The first kappa shape index (κ1) is 12.9. The van der Waals surface area contributed by atoms with Crippen LogP contribution < -0.4 is 5.32 Å². The molecule has 0 aromatic heterocycles. The predicted molar refractivity (Wildman–Crippen MR) is 64.5 cm³/mol. The molecule has 0 aliphatic carbocycles. The normalized spacial score (nSPS) is 14.4. The van der Waals surface area contributed by atoms with Crippen molar-refractivity contribution in [2.24, 2.45) is 0 Å². The fourth-order valence-corrected chi connectivity index (χ4v) is 1.32. The van der Waals surface area contributed by atoms with Gasteiger partial charge in [-0.15, -0.1) is 0 Å². The molecule has 0 amide bonds. The minimum Gasteiger partial charge on any atom is -0.388 e. The van der Waals surface area contributed by atoms with Gasteiger partial charge in [0.25, 0.3) is 5.69 Å². The van der Waals surface area contributed by atoms with Gasteiger partial charge in [0.15, 0.2) is 0 Å². The van der Waals surface area contributed by atoms with Gasteiger partial charge in [-0.1, -0.05) is 24.8 Å². The van der Waals surface area contributed by atoms with Crippen molar-refractivity contribution in [1.29, 1.82) is 0 Å². The maximum absolute atomic E-state index is 10.6. The molecule has 5 nitrogen and oxygen atoms in total. The van der Waals surface area contributed by atoms with Gasteiger partial charge in [-0.3, -0.25) is 14.9 Å². The zero-order valence-electron chi connectivity index (χ0n) is 9.39. The summed E-state index contributed by atoms with van der Waals surface area (Å²) in [6.07, 6.45) is 1.19. The maximum Gasteiger partial charge on any atom is 0.269 e. The average Bonchev–Trinajstić information content (AvgIpc) is 2.30. The van der Waals surface area contributed by atoms with Crippen LogP contribution in [0.5, 0.6) is 0 Å². The fourth-order valence-electron chi connectivity index (χ4n) is 1.32. The van der Waals surface area contributed by atoms with Gasteiger partial charge in [-0.2, -0.15) is 0 Å². The molecule has 0 bridgehead atoms. The Balaban J connectivity index is 0.000000171. The number of nitrogens with zero attached hydrogens (tertiary/aromatic N) is 1. The number of nitro groups is 1. The number of carbonyl (C=O) groups excluding carboxylic acids is 1. The Hall–Kier alpha value is -2.17. The highest BCUT2D eigenvalue weighted by Crippen LogP contribution is 2.06. The Labute approximate surface area is 99.3 Å². The lowest BCUT2D eigenvalue weighted by atomic mass is 10.1. The molecular formula is C12H14N2O3. The minimum absolute atomic E-state index is 0.137. The van der Waals surface area contributed by atoms with Gasteiger partial charge in [-0.05, 0) is 0 Å². The molecule has 0 saturated carbocycles. The van der Waals surface area contributed by atoms with Crippen LogP contribution in [0.2, 0.25) is 0 Å². The van der Waals surface area contributed by atoms with Crippen molar-refractivity contribution in [3.8, 4) is 0 Å². The molecule has 0 radical (unpaired) electrons. The van der Waals surface area contributed by atoms with Crippen LogP contribution in [0, 0.1) is 10.1 Å². The molecule has 0 spiro atoms. The summed E-state index contributed by atoms with van der Waals surface area (Å²) in [4.78, 5) is 20.2. The first-order chi connectivity index (χ1) is 8.09. The number of allylic oxidation sites excluding steroid dienone is 1. The Morgan fingerprint density at radius 1 is 1.29 bits per heavy atom. The number of piperidine rings is 1. The third-order valence-corrected chi connectivity index (χ3v) is 2.16. The predicted octanol–water partition coefficient (Wildman–Crippen LogP) is 2.05. The first-order valence-electron chi connectivity index (χ1n) is 5.22. The number of nitro benzene ring substituents is 1. The van der Waals surface area contributed by atoms with E-state index in [1.807, 2.05) is 0 Å². The molecule has 5 heteroatoms. The molecule has 1 aromatic carbocycles. The van der Waals surface area contributed by atoms with Gasteiger partial charge in [-0.25, -0.2) is 0 Å². The van der Waals surface area contributed by atoms with Crippen LogP contribution in [-0.2, 0) is 4.79 Å². The fraction of sp³-hybridized carbons (Fsp3) is 0.250. The van der Waals surface area contributed by atoms with Gasteiger partial charge < -0.3 is 5.32 Å². The van der Waals surface area contributed by atoms with Crippen LogP contribution in [0.15, 0.2) is 42.6 Å². The summed E-state index contributed by atoms with van der Waals surface area (Å²) in [7, 11) is 0. The second kappa shape index (κ2) is 6.42. The number of nitrogens with one attached hydrogen (secondary N) is 1. The van der Waals surface area contributed by atoms with Crippen LogP contribution in [-0.4, -0.2) is 17.3 Å². The number of para-hydroxylation sites is 1. The van der Waals surface area contributed by atoms with E-state index in [1.54, 1.807) is 18.2 Å². The summed E-state index contributed by atoms with van der Waals surface area (Å²) in [6.45, 7) is 4.41.